The van der Waals surface area contributed by atoms with Crippen molar-refractivity contribution < 1.29 is 22.1 Å². The molecule has 1 aliphatic heterocycles. The van der Waals surface area contributed by atoms with E-state index >= 15 is 0 Å². The molecule has 0 saturated heterocycles. The molecule has 12 heteroatoms. The molecule has 3 aromatic carbocycles. The highest BCUT2D eigenvalue weighted by Crippen LogP contribution is 2.38. The van der Waals surface area contributed by atoms with Crippen LogP contribution in [0.3, 0.4) is 0 Å². The molecule has 0 amide bonds. The predicted molar refractivity (Wildman–Crippen MR) is 124 cm³/mol. The Balaban J connectivity index is 1.51. The number of anilines is 1. The highest BCUT2D eigenvalue weighted by atomic mass is 32.2. The Kier molecular flexibility index (Phi) is 5.69. The summed E-state index contributed by atoms with van der Waals surface area (Å²) in [4.78, 5) is 0. The Hall–Kier alpha value is -4.60. The van der Waals surface area contributed by atoms with Crippen molar-refractivity contribution in [1.82, 2.24) is 14.9 Å². The number of nitriles is 1. The highest BCUT2D eigenvalue weighted by Gasteiger charge is 2.18. The second kappa shape index (κ2) is 8.98. The molecule has 0 fully saturated rings. The minimum Gasteiger partial charge on any atom is -0.454 e. The molecular formula is C23H18N6O5S. The summed E-state index contributed by atoms with van der Waals surface area (Å²) in [7, 11) is -4.11. The second-order valence-corrected chi connectivity index (χ2v) is 8.68. The Bertz CT molecular complexity index is 1520. The lowest BCUT2D eigenvalue weighted by Crippen LogP contribution is -2.28. The number of rotatable bonds is 7. The molecule has 4 aromatic rings. The van der Waals surface area contributed by atoms with Crippen molar-refractivity contribution in [2.24, 2.45) is 5.14 Å². The molecule has 0 unspecified atom stereocenters. The summed E-state index contributed by atoms with van der Waals surface area (Å²) in [5, 5.41) is 24.4. The Morgan fingerprint density at radius 3 is 2.49 bits per heavy atom. The van der Waals surface area contributed by atoms with Crippen molar-refractivity contribution in [2.45, 2.75) is 6.54 Å². The largest absolute Gasteiger partial charge is 0.454 e. The van der Waals surface area contributed by atoms with Crippen LogP contribution in [0.15, 0.2) is 73.3 Å². The third-order valence-electron chi connectivity index (χ3n) is 5.26. The first kappa shape index (κ1) is 22.2. The molecule has 5 rings (SSSR count). The van der Waals surface area contributed by atoms with Gasteiger partial charge < -0.3 is 13.7 Å². The summed E-state index contributed by atoms with van der Waals surface area (Å²) in [6.45, 7) is 0.534. The fourth-order valence-corrected chi connectivity index (χ4v) is 4.06. The number of nitrogens with two attached hydrogens (primary N) is 1. The number of ether oxygens (including phenoxy) is 2. The summed E-state index contributed by atoms with van der Waals surface area (Å²) in [6.07, 6.45) is 3.11. The fourth-order valence-electron chi connectivity index (χ4n) is 3.68. The molecular weight excluding hydrogens is 472 g/mol. The molecule has 0 bridgehead atoms. The minimum absolute atomic E-state index is 0.107. The summed E-state index contributed by atoms with van der Waals surface area (Å²) in [5.41, 5.74) is 3.63. The van der Waals surface area contributed by atoms with E-state index in [-0.39, 0.29) is 12.5 Å². The smallest absolute Gasteiger partial charge is 0.380 e. The first-order valence-corrected chi connectivity index (χ1v) is 11.7. The third-order valence-corrected chi connectivity index (χ3v) is 5.68. The van der Waals surface area contributed by atoms with Gasteiger partial charge in [-0.25, -0.2) is 4.68 Å². The third kappa shape index (κ3) is 4.86. The van der Waals surface area contributed by atoms with Crippen molar-refractivity contribution in [3.8, 4) is 34.4 Å². The molecule has 0 atom stereocenters. The van der Waals surface area contributed by atoms with Gasteiger partial charge in [-0.15, -0.1) is 10.2 Å². The van der Waals surface area contributed by atoms with E-state index in [1.54, 1.807) is 35.5 Å². The molecule has 0 spiro atoms. The van der Waals surface area contributed by atoms with Crippen LogP contribution in [0.2, 0.25) is 0 Å². The van der Waals surface area contributed by atoms with Gasteiger partial charge in [-0.2, -0.15) is 18.8 Å². The van der Waals surface area contributed by atoms with E-state index in [0.717, 1.165) is 22.4 Å². The molecule has 0 aliphatic carbocycles. The fraction of sp³-hybridized carbons (Fsp3) is 0.0870. The lowest BCUT2D eigenvalue weighted by molar-refractivity contribution is 0.174. The number of benzene rings is 3. The van der Waals surface area contributed by atoms with Crippen LogP contribution in [0.5, 0.6) is 17.2 Å². The van der Waals surface area contributed by atoms with Crippen molar-refractivity contribution in [1.29, 1.82) is 5.26 Å². The van der Waals surface area contributed by atoms with Crippen molar-refractivity contribution in [3.63, 3.8) is 0 Å². The zero-order chi connectivity index (χ0) is 24.4. The molecule has 0 saturated carbocycles. The van der Waals surface area contributed by atoms with Crippen LogP contribution < -0.4 is 23.8 Å². The molecule has 35 heavy (non-hydrogen) atoms. The van der Waals surface area contributed by atoms with Crippen LogP contribution >= 0.6 is 0 Å². The van der Waals surface area contributed by atoms with Crippen molar-refractivity contribution >= 4 is 16.0 Å². The number of hydrogen-bond donors (Lipinski definition) is 1. The van der Waals surface area contributed by atoms with Crippen LogP contribution in [0.4, 0.5) is 5.69 Å². The molecule has 1 aromatic heterocycles. The first-order valence-electron chi connectivity index (χ1n) is 10.3. The SMILES string of the molecule is N#Cc1ccc(N(Cc2ccc(OS(N)(=O)=O)cc2)n2cnnc2)cc1-c1ccc2c(c1)OCO2. The maximum Gasteiger partial charge on any atom is 0.380 e. The quantitative estimate of drug-likeness (QED) is 0.413. The van der Waals surface area contributed by atoms with Crippen LogP contribution in [-0.4, -0.2) is 30.1 Å². The Morgan fingerprint density at radius 1 is 1.03 bits per heavy atom. The van der Waals surface area contributed by atoms with Crippen LogP contribution in [0.25, 0.3) is 11.1 Å². The van der Waals surface area contributed by atoms with Gasteiger partial charge in [0.2, 0.25) is 6.79 Å². The summed E-state index contributed by atoms with van der Waals surface area (Å²) in [5.74, 6) is 1.38. The number of fused-ring (bicyclic) bond motifs is 1. The molecule has 2 heterocycles. The zero-order valence-electron chi connectivity index (χ0n) is 18.1. The molecule has 11 nitrogen and oxygen atoms in total. The molecule has 1 aliphatic rings. The minimum atomic E-state index is -4.11. The summed E-state index contributed by atoms with van der Waals surface area (Å²) >= 11 is 0. The highest BCUT2D eigenvalue weighted by molar-refractivity contribution is 7.84. The van der Waals surface area contributed by atoms with Crippen molar-refractivity contribution in [3.05, 3.63) is 84.4 Å². The molecule has 0 radical (unpaired) electrons. The Labute approximate surface area is 200 Å². The van der Waals surface area contributed by atoms with Gasteiger partial charge in [-0.3, -0.25) is 5.01 Å². The zero-order valence-corrected chi connectivity index (χ0v) is 18.9. The van der Waals surface area contributed by atoms with E-state index < -0.39 is 10.3 Å². The van der Waals surface area contributed by atoms with Gasteiger partial charge in [0.15, 0.2) is 11.5 Å². The van der Waals surface area contributed by atoms with Gasteiger partial charge in [-0.05, 0) is 53.6 Å². The predicted octanol–water partition coefficient (Wildman–Crippen LogP) is 2.60. The first-order chi connectivity index (χ1) is 16.9. The number of hydrogen-bond acceptors (Lipinski definition) is 9. The van der Waals surface area contributed by atoms with Gasteiger partial charge in [-0.1, -0.05) is 18.2 Å². The Morgan fingerprint density at radius 2 is 1.77 bits per heavy atom. The molecule has 176 valence electrons. The van der Waals surface area contributed by atoms with E-state index in [1.807, 2.05) is 35.3 Å². The van der Waals surface area contributed by atoms with E-state index in [0.29, 0.717) is 23.6 Å². The topological polar surface area (TPSA) is 146 Å². The van der Waals surface area contributed by atoms with Crippen molar-refractivity contribution in [2.75, 3.05) is 11.8 Å². The van der Waals surface area contributed by atoms with Gasteiger partial charge in [0, 0.05) is 5.56 Å². The summed E-state index contributed by atoms with van der Waals surface area (Å²) in [6, 6.07) is 19.7. The standard InChI is InChI=1S/C23H18N6O5S/c24-11-18-3-5-19(10-21(18)17-4-8-22-23(9-17)33-15-32-22)29(28-13-26-27-14-28)12-16-1-6-20(7-2-16)34-35(25,30)31/h1-10,13-14H,12,15H2,(H2,25,30,31). The van der Waals surface area contributed by atoms with Gasteiger partial charge >= 0.3 is 10.3 Å². The lowest BCUT2D eigenvalue weighted by Gasteiger charge is -2.26. The van der Waals surface area contributed by atoms with Gasteiger partial charge in [0.25, 0.3) is 0 Å². The van der Waals surface area contributed by atoms with Gasteiger partial charge in [0.1, 0.15) is 18.4 Å². The van der Waals surface area contributed by atoms with E-state index in [1.165, 1.54) is 12.1 Å². The number of aromatic nitrogens is 3. The monoisotopic (exact) mass is 490 g/mol. The van der Waals surface area contributed by atoms with Crippen LogP contribution in [-0.2, 0) is 16.8 Å². The maximum absolute atomic E-state index is 11.2. The summed E-state index contributed by atoms with van der Waals surface area (Å²) < 4.78 is 39.6. The van der Waals surface area contributed by atoms with Gasteiger partial charge in [0.05, 0.1) is 23.9 Å². The maximum atomic E-state index is 11.2. The lowest BCUT2D eigenvalue weighted by atomic mass is 9.99. The van der Waals surface area contributed by atoms with Crippen LogP contribution in [0, 0.1) is 11.3 Å². The number of nitrogens with zero attached hydrogens (tertiary/aromatic N) is 5. The van der Waals surface area contributed by atoms with E-state index in [4.69, 9.17) is 18.8 Å². The average Bonchev–Trinajstić information content (AvgIpc) is 3.54. The van der Waals surface area contributed by atoms with E-state index in [2.05, 4.69) is 16.3 Å². The second-order valence-electron chi connectivity index (χ2n) is 7.53. The van der Waals surface area contributed by atoms with Crippen LogP contribution in [0.1, 0.15) is 11.1 Å². The average molecular weight is 491 g/mol. The normalized spacial score (nSPS) is 12.2. The molecule has 2 N–H and O–H groups in total. The van der Waals surface area contributed by atoms with E-state index in [9.17, 15) is 13.7 Å².